The van der Waals surface area contributed by atoms with E-state index in [1.807, 2.05) is 11.6 Å². The fourth-order valence-corrected chi connectivity index (χ4v) is 3.48. The fraction of sp³-hybridized carbons (Fsp3) is 0.250. The average molecular weight is 351 g/mol. The highest BCUT2D eigenvalue weighted by Gasteiger charge is 2.28. The molecule has 0 saturated carbocycles. The number of phenols is 1. The van der Waals surface area contributed by atoms with Gasteiger partial charge in [0, 0.05) is 16.8 Å². The molecule has 26 heavy (non-hydrogen) atoms. The zero-order chi connectivity index (χ0) is 18.4. The Kier molecular flexibility index (Phi) is 3.76. The van der Waals surface area contributed by atoms with E-state index in [-0.39, 0.29) is 11.9 Å². The molecule has 4 rings (SSSR count). The molecule has 0 bridgehead atoms. The minimum atomic E-state index is -0.240. The van der Waals surface area contributed by atoms with Gasteiger partial charge in [-0.15, -0.1) is 0 Å². The molecule has 0 spiro atoms. The van der Waals surface area contributed by atoms with Crippen molar-refractivity contribution in [1.82, 2.24) is 9.78 Å². The van der Waals surface area contributed by atoms with Crippen molar-refractivity contribution in [3.05, 3.63) is 53.2 Å². The monoisotopic (exact) mass is 351 g/mol. The normalized spacial score (nSPS) is 15.0. The van der Waals surface area contributed by atoms with Crippen molar-refractivity contribution >= 4 is 5.69 Å². The number of benzene rings is 2. The summed E-state index contributed by atoms with van der Waals surface area (Å²) in [5, 5.41) is 18.5. The second kappa shape index (κ2) is 5.98. The molecule has 134 valence electrons. The molecular weight excluding hydrogens is 330 g/mol. The smallest absolute Gasteiger partial charge is 0.200 e. The van der Waals surface area contributed by atoms with Gasteiger partial charge < -0.3 is 19.9 Å². The van der Waals surface area contributed by atoms with Gasteiger partial charge in [0.25, 0.3) is 0 Å². The van der Waals surface area contributed by atoms with Crippen LogP contribution in [0, 0.1) is 13.8 Å². The lowest BCUT2D eigenvalue weighted by molar-refractivity contribution is 0.338. The second-order valence-electron chi connectivity index (χ2n) is 6.43. The zero-order valence-electron chi connectivity index (χ0n) is 15.2. The number of phenolic OH excluding ortho intramolecular Hbond substituents is 1. The Morgan fingerprint density at radius 1 is 1.08 bits per heavy atom. The number of rotatable bonds is 3. The molecule has 0 radical (unpaired) electrons. The first-order valence-corrected chi connectivity index (χ1v) is 8.41. The number of hydrogen-bond donors (Lipinski definition) is 2. The molecule has 2 N–H and O–H groups in total. The van der Waals surface area contributed by atoms with Gasteiger partial charge in [-0.2, -0.15) is 5.10 Å². The summed E-state index contributed by atoms with van der Waals surface area (Å²) in [6, 6.07) is 11.9. The molecule has 0 unspecified atom stereocenters. The Morgan fingerprint density at radius 3 is 2.42 bits per heavy atom. The standard InChI is InChI=1S/C20H21N3O3/c1-11-6-5-7-14-15-8-12(2)22-23(15)20(21-18(11)14)13-9-16(25-3)19(24)17(10-13)26-4/h5-10,20-21,24H,1-4H3/t20-/m1/s1. The van der Waals surface area contributed by atoms with E-state index in [0.29, 0.717) is 11.5 Å². The van der Waals surface area contributed by atoms with Crippen LogP contribution in [0.5, 0.6) is 17.2 Å². The summed E-state index contributed by atoms with van der Waals surface area (Å²) >= 11 is 0. The quantitative estimate of drug-likeness (QED) is 0.750. The summed E-state index contributed by atoms with van der Waals surface area (Å²) in [6.07, 6.45) is -0.240. The summed E-state index contributed by atoms with van der Waals surface area (Å²) in [7, 11) is 3.05. The fourth-order valence-electron chi connectivity index (χ4n) is 3.48. The third-order valence-corrected chi connectivity index (χ3v) is 4.75. The molecule has 2 heterocycles. The number of fused-ring (bicyclic) bond motifs is 3. The van der Waals surface area contributed by atoms with Gasteiger partial charge >= 0.3 is 0 Å². The molecule has 1 aromatic heterocycles. The van der Waals surface area contributed by atoms with Crippen LogP contribution in [0.3, 0.4) is 0 Å². The lowest BCUT2D eigenvalue weighted by atomic mass is 10.0. The number of nitrogens with zero attached hydrogens (tertiary/aromatic N) is 2. The van der Waals surface area contributed by atoms with Gasteiger partial charge in [-0.3, -0.25) is 0 Å². The number of para-hydroxylation sites is 1. The molecular formula is C20H21N3O3. The van der Waals surface area contributed by atoms with E-state index in [1.165, 1.54) is 14.2 Å². The molecule has 6 heteroatoms. The van der Waals surface area contributed by atoms with Gasteiger partial charge in [0.15, 0.2) is 11.5 Å². The lowest BCUT2D eigenvalue weighted by Gasteiger charge is -2.30. The number of methoxy groups -OCH3 is 2. The Morgan fingerprint density at radius 2 is 1.77 bits per heavy atom. The van der Waals surface area contributed by atoms with Crippen molar-refractivity contribution in [2.45, 2.75) is 20.0 Å². The van der Waals surface area contributed by atoms with Gasteiger partial charge in [0.2, 0.25) is 5.75 Å². The Balaban J connectivity index is 1.92. The first-order valence-electron chi connectivity index (χ1n) is 8.41. The third-order valence-electron chi connectivity index (χ3n) is 4.75. The van der Waals surface area contributed by atoms with Crippen LogP contribution >= 0.6 is 0 Å². The van der Waals surface area contributed by atoms with Crippen molar-refractivity contribution in [1.29, 1.82) is 0 Å². The van der Waals surface area contributed by atoms with Gasteiger partial charge in [-0.25, -0.2) is 4.68 Å². The van der Waals surface area contributed by atoms with Crippen molar-refractivity contribution in [2.24, 2.45) is 0 Å². The molecule has 1 aliphatic heterocycles. The van der Waals surface area contributed by atoms with Gasteiger partial charge in [0.05, 0.1) is 25.6 Å². The predicted octanol–water partition coefficient (Wildman–Crippen LogP) is 3.86. The van der Waals surface area contributed by atoms with Crippen LogP contribution in [0.1, 0.15) is 23.0 Å². The first kappa shape index (κ1) is 16.3. The van der Waals surface area contributed by atoms with Gasteiger partial charge in [0.1, 0.15) is 6.17 Å². The maximum Gasteiger partial charge on any atom is 0.200 e. The van der Waals surface area contributed by atoms with Crippen molar-refractivity contribution < 1.29 is 14.6 Å². The number of ether oxygens (including phenoxy) is 2. The van der Waals surface area contributed by atoms with Crippen LogP contribution in [-0.4, -0.2) is 29.1 Å². The molecule has 0 fully saturated rings. The van der Waals surface area contributed by atoms with E-state index in [2.05, 4.69) is 41.6 Å². The predicted molar refractivity (Wildman–Crippen MR) is 100 cm³/mol. The van der Waals surface area contributed by atoms with E-state index in [1.54, 1.807) is 12.1 Å². The molecule has 0 amide bonds. The Bertz CT molecular complexity index is 969. The summed E-state index contributed by atoms with van der Waals surface area (Å²) in [5.74, 6) is 0.715. The number of nitrogens with one attached hydrogen (secondary N) is 1. The van der Waals surface area contributed by atoms with Crippen LogP contribution in [-0.2, 0) is 0 Å². The Labute approximate surface area is 152 Å². The second-order valence-corrected chi connectivity index (χ2v) is 6.43. The largest absolute Gasteiger partial charge is 0.502 e. The summed E-state index contributed by atoms with van der Waals surface area (Å²) in [5.41, 5.74) is 6.25. The molecule has 6 nitrogen and oxygen atoms in total. The van der Waals surface area contributed by atoms with Gasteiger partial charge in [-0.1, -0.05) is 18.2 Å². The van der Waals surface area contributed by atoms with Gasteiger partial charge in [-0.05, 0) is 37.6 Å². The minimum Gasteiger partial charge on any atom is -0.502 e. The number of aromatic hydroxyl groups is 1. The zero-order valence-corrected chi connectivity index (χ0v) is 15.2. The topological polar surface area (TPSA) is 68.5 Å². The van der Waals surface area contributed by atoms with Crippen LogP contribution in [0.2, 0.25) is 0 Å². The summed E-state index contributed by atoms with van der Waals surface area (Å²) in [4.78, 5) is 0. The van der Waals surface area contributed by atoms with Crippen LogP contribution in [0.15, 0.2) is 36.4 Å². The van der Waals surface area contributed by atoms with E-state index < -0.39 is 0 Å². The number of aromatic nitrogens is 2. The van der Waals surface area contributed by atoms with Crippen molar-refractivity contribution in [3.8, 4) is 28.5 Å². The van der Waals surface area contributed by atoms with Crippen LogP contribution < -0.4 is 14.8 Å². The molecule has 0 aliphatic carbocycles. The summed E-state index contributed by atoms with van der Waals surface area (Å²) < 4.78 is 12.6. The van der Waals surface area contributed by atoms with Crippen molar-refractivity contribution in [3.63, 3.8) is 0 Å². The van der Waals surface area contributed by atoms with Crippen molar-refractivity contribution in [2.75, 3.05) is 19.5 Å². The third kappa shape index (κ3) is 2.37. The number of hydrogen-bond acceptors (Lipinski definition) is 5. The summed E-state index contributed by atoms with van der Waals surface area (Å²) in [6.45, 7) is 4.07. The van der Waals surface area contributed by atoms with E-state index in [4.69, 9.17) is 9.47 Å². The molecule has 0 saturated heterocycles. The highest BCUT2D eigenvalue weighted by atomic mass is 16.5. The molecule has 2 aromatic carbocycles. The maximum absolute atomic E-state index is 10.2. The average Bonchev–Trinajstić information content (AvgIpc) is 3.03. The highest BCUT2D eigenvalue weighted by molar-refractivity contribution is 5.81. The number of anilines is 1. The molecule has 1 atom stereocenters. The van der Waals surface area contributed by atoms with Crippen LogP contribution in [0.4, 0.5) is 5.69 Å². The van der Waals surface area contributed by atoms with E-state index in [9.17, 15) is 5.11 Å². The first-order chi connectivity index (χ1) is 12.5. The number of aryl methyl sites for hydroxylation is 2. The lowest BCUT2D eigenvalue weighted by Crippen LogP contribution is -2.26. The van der Waals surface area contributed by atoms with E-state index >= 15 is 0 Å². The highest BCUT2D eigenvalue weighted by Crippen LogP contribution is 2.44. The van der Waals surface area contributed by atoms with E-state index in [0.717, 1.165) is 33.8 Å². The molecule has 3 aromatic rings. The van der Waals surface area contributed by atoms with Crippen LogP contribution in [0.25, 0.3) is 11.3 Å². The molecule has 1 aliphatic rings. The maximum atomic E-state index is 10.2. The minimum absolute atomic E-state index is 0.0111. The SMILES string of the molecule is COc1cc([C@@H]2Nc3c(C)cccc3-c3cc(C)nn32)cc(OC)c1O. The Hall–Kier alpha value is -3.15.